The molecule has 3 aromatic carbocycles. The second-order valence-electron chi connectivity index (χ2n) is 5.52. The second kappa shape index (κ2) is 8.25. The Bertz CT molecular complexity index is 879. The van der Waals surface area contributed by atoms with E-state index >= 15 is 0 Å². The number of alkyl halides is 2. The summed E-state index contributed by atoms with van der Waals surface area (Å²) < 4.78 is 36.0. The van der Waals surface area contributed by atoms with Gasteiger partial charge in [-0.2, -0.15) is 8.78 Å². The largest absolute Gasteiger partial charge is 0.488 e. The quantitative estimate of drug-likeness (QED) is 0.537. The molecule has 0 spiro atoms. The summed E-state index contributed by atoms with van der Waals surface area (Å²) in [5, 5.41) is 0. The van der Waals surface area contributed by atoms with Crippen LogP contribution in [0.5, 0.6) is 11.5 Å². The van der Waals surface area contributed by atoms with Gasteiger partial charge in [0.1, 0.15) is 24.4 Å². The van der Waals surface area contributed by atoms with Crippen LogP contribution in [0.2, 0.25) is 0 Å². The van der Waals surface area contributed by atoms with E-state index in [9.17, 15) is 13.6 Å². The standard InChI is InChI=1S/C21H16F2O3/c22-21(23)26-20-11-10-16(13-24)12-18(20)17-8-4-5-9-19(17)25-14-15-6-2-1-3-7-15/h1-13,21H,14H2. The zero-order valence-electron chi connectivity index (χ0n) is 13.8. The fourth-order valence-corrected chi connectivity index (χ4v) is 2.58. The summed E-state index contributed by atoms with van der Waals surface area (Å²) >= 11 is 0. The lowest BCUT2D eigenvalue weighted by Gasteiger charge is -2.15. The van der Waals surface area contributed by atoms with Gasteiger partial charge < -0.3 is 9.47 Å². The van der Waals surface area contributed by atoms with Crippen LogP contribution in [0.15, 0.2) is 72.8 Å². The third-order valence-electron chi connectivity index (χ3n) is 3.77. The first-order chi connectivity index (χ1) is 12.7. The van der Waals surface area contributed by atoms with Crippen molar-refractivity contribution in [3.05, 3.63) is 83.9 Å². The normalized spacial score (nSPS) is 10.6. The van der Waals surface area contributed by atoms with E-state index < -0.39 is 6.61 Å². The number of hydrogen-bond acceptors (Lipinski definition) is 3. The molecule has 0 heterocycles. The molecule has 0 aliphatic heterocycles. The summed E-state index contributed by atoms with van der Waals surface area (Å²) in [5.74, 6) is 0.500. The van der Waals surface area contributed by atoms with E-state index in [0.717, 1.165) is 5.56 Å². The Morgan fingerprint density at radius 3 is 2.31 bits per heavy atom. The number of carbonyl (C=O) groups is 1. The molecular weight excluding hydrogens is 338 g/mol. The molecule has 0 amide bonds. The first-order valence-corrected chi connectivity index (χ1v) is 7.97. The van der Waals surface area contributed by atoms with Crippen LogP contribution in [0.4, 0.5) is 8.78 Å². The average molecular weight is 354 g/mol. The van der Waals surface area contributed by atoms with Gasteiger partial charge in [0, 0.05) is 16.7 Å². The Balaban J connectivity index is 1.97. The van der Waals surface area contributed by atoms with Gasteiger partial charge in [0.2, 0.25) is 0 Å². The molecule has 3 rings (SSSR count). The zero-order chi connectivity index (χ0) is 18.4. The van der Waals surface area contributed by atoms with E-state index in [1.165, 1.54) is 18.2 Å². The van der Waals surface area contributed by atoms with Crippen LogP contribution in [0.3, 0.4) is 0 Å². The van der Waals surface area contributed by atoms with Gasteiger partial charge in [0.15, 0.2) is 0 Å². The molecule has 3 aromatic rings. The van der Waals surface area contributed by atoms with Crippen molar-refractivity contribution in [3.8, 4) is 22.6 Å². The first-order valence-electron chi connectivity index (χ1n) is 7.97. The highest BCUT2D eigenvalue weighted by Gasteiger charge is 2.15. The van der Waals surface area contributed by atoms with E-state index in [0.29, 0.717) is 35.3 Å². The van der Waals surface area contributed by atoms with Crippen LogP contribution in [-0.4, -0.2) is 12.9 Å². The van der Waals surface area contributed by atoms with Crippen molar-refractivity contribution in [1.29, 1.82) is 0 Å². The van der Waals surface area contributed by atoms with E-state index in [2.05, 4.69) is 4.74 Å². The molecule has 3 nitrogen and oxygen atoms in total. The summed E-state index contributed by atoms with van der Waals surface area (Å²) in [5.41, 5.74) is 2.29. The number of ether oxygens (including phenoxy) is 2. The molecule has 0 aromatic heterocycles. The predicted octanol–water partition coefficient (Wildman–Crippen LogP) is 5.35. The molecule has 26 heavy (non-hydrogen) atoms. The number of rotatable bonds is 7. The molecule has 0 bridgehead atoms. The Labute approximate surface area is 149 Å². The number of hydrogen-bond donors (Lipinski definition) is 0. The highest BCUT2D eigenvalue weighted by molar-refractivity contribution is 5.83. The van der Waals surface area contributed by atoms with E-state index in [1.807, 2.05) is 30.3 Å². The molecule has 0 atom stereocenters. The lowest BCUT2D eigenvalue weighted by atomic mass is 10.0. The molecule has 0 aliphatic rings. The van der Waals surface area contributed by atoms with Crippen LogP contribution in [0.1, 0.15) is 15.9 Å². The minimum absolute atomic E-state index is 0.0126. The summed E-state index contributed by atoms with van der Waals surface area (Å²) in [7, 11) is 0. The summed E-state index contributed by atoms with van der Waals surface area (Å²) in [4.78, 5) is 11.1. The van der Waals surface area contributed by atoms with Crippen molar-refractivity contribution in [2.75, 3.05) is 0 Å². The molecule has 132 valence electrons. The lowest BCUT2D eigenvalue weighted by Crippen LogP contribution is -2.04. The van der Waals surface area contributed by atoms with Crippen LogP contribution >= 0.6 is 0 Å². The van der Waals surface area contributed by atoms with Gasteiger partial charge in [-0.3, -0.25) is 4.79 Å². The smallest absolute Gasteiger partial charge is 0.387 e. The molecule has 5 heteroatoms. The van der Waals surface area contributed by atoms with E-state index in [1.54, 1.807) is 24.3 Å². The third kappa shape index (κ3) is 4.25. The molecule has 0 saturated carbocycles. The number of carbonyl (C=O) groups excluding carboxylic acids is 1. The minimum atomic E-state index is -2.96. The molecule has 0 N–H and O–H groups in total. The van der Waals surface area contributed by atoms with Crippen LogP contribution in [0, 0.1) is 0 Å². The Kier molecular flexibility index (Phi) is 5.59. The highest BCUT2D eigenvalue weighted by Crippen LogP contribution is 2.37. The third-order valence-corrected chi connectivity index (χ3v) is 3.77. The van der Waals surface area contributed by atoms with Crippen molar-refractivity contribution >= 4 is 6.29 Å². The lowest BCUT2D eigenvalue weighted by molar-refractivity contribution is -0.0494. The van der Waals surface area contributed by atoms with Gasteiger partial charge >= 0.3 is 6.61 Å². The highest BCUT2D eigenvalue weighted by atomic mass is 19.3. The summed E-state index contributed by atoms with van der Waals surface area (Å²) in [6.07, 6.45) is 0.656. The Hall–Kier alpha value is -3.21. The molecular formula is C21H16F2O3. The Morgan fingerprint density at radius 1 is 0.846 bits per heavy atom. The van der Waals surface area contributed by atoms with Crippen molar-refractivity contribution in [2.45, 2.75) is 13.2 Å². The van der Waals surface area contributed by atoms with Gasteiger partial charge in [0.05, 0.1) is 0 Å². The van der Waals surface area contributed by atoms with E-state index in [4.69, 9.17) is 4.74 Å². The Morgan fingerprint density at radius 2 is 1.58 bits per heavy atom. The summed E-state index contributed by atoms with van der Waals surface area (Å²) in [6.45, 7) is -2.63. The second-order valence-corrected chi connectivity index (χ2v) is 5.52. The maximum Gasteiger partial charge on any atom is 0.387 e. The maximum atomic E-state index is 12.7. The van der Waals surface area contributed by atoms with Crippen molar-refractivity contribution in [2.24, 2.45) is 0 Å². The van der Waals surface area contributed by atoms with Gasteiger partial charge in [-0.15, -0.1) is 0 Å². The van der Waals surface area contributed by atoms with Crippen molar-refractivity contribution in [3.63, 3.8) is 0 Å². The number of benzene rings is 3. The fraction of sp³-hybridized carbons (Fsp3) is 0.0952. The first kappa shape index (κ1) is 17.6. The van der Waals surface area contributed by atoms with Gasteiger partial charge in [-0.1, -0.05) is 48.5 Å². The van der Waals surface area contributed by atoms with Gasteiger partial charge in [-0.05, 0) is 29.8 Å². The van der Waals surface area contributed by atoms with Gasteiger partial charge in [-0.25, -0.2) is 0 Å². The maximum absolute atomic E-state index is 12.7. The number of aldehydes is 1. The molecule has 0 aliphatic carbocycles. The predicted molar refractivity (Wildman–Crippen MR) is 94.7 cm³/mol. The number of para-hydroxylation sites is 1. The summed E-state index contributed by atoms with van der Waals surface area (Å²) in [6, 6.07) is 20.9. The van der Waals surface area contributed by atoms with Crippen LogP contribution in [0.25, 0.3) is 11.1 Å². The zero-order valence-corrected chi connectivity index (χ0v) is 13.8. The average Bonchev–Trinajstić information content (AvgIpc) is 2.67. The molecule has 0 fully saturated rings. The topological polar surface area (TPSA) is 35.5 Å². The molecule has 0 radical (unpaired) electrons. The van der Waals surface area contributed by atoms with E-state index in [-0.39, 0.29) is 5.75 Å². The number of halogens is 2. The van der Waals surface area contributed by atoms with Crippen LogP contribution < -0.4 is 9.47 Å². The van der Waals surface area contributed by atoms with Crippen molar-refractivity contribution in [1.82, 2.24) is 0 Å². The molecule has 0 unspecified atom stereocenters. The van der Waals surface area contributed by atoms with Gasteiger partial charge in [0.25, 0.3) is 0 Å². The SMILES string of the molecule is O=Cc1ccc(OC(F)F)c(-c2ccccc2OCc2ccccc2)c1. The molecule has 0 saturated heterocycles. The minimum Gasteiger partial charge on any atom is -0.488 e. The monoisotopic (exact) mass is 354 g/mol. The van der Waals surface area contributed by atoms with Crippen LogP contribution in [-0.2, 0) is 6.61 Å². The fourth-order valence-electron chi connectivity index (χ4n) is 2.58. The van der Waals surface area contributed by atoms with Crippen molar-refractivity contribution < 1.29 is 23.0 Å².